The van der Waals surface area contributed by atoms with E-state index in [1.54, 1.807) is 0 Å². The first-order valence-electron chi connectivity index (χ1n) is 8.81. The Balaban J connectivity index is 1.79. The molecule has 0 aliphatic carbocycles. The third kappa shape index (κ3) is 3.66. The average Bonchev–Trinajstić information content (AvgIpc) is 3.04. The SMILES string of the molecule is CCCc1cc(C(=O)N2CCC[C@H]2C2CCOCC2)cc(=O)[nH]1. The van der Waals surface area contributed by atoms with Crippen LogP contribution < -0.4 is 5.56 Å². The van der Waals surface area contributed by atoms with Crippen molar-refractivity contribution in [3.05, 3.63) is 33.7 Å². The summed E-state index contributed by atoms with van der Waals surface area (Å²) in [7, 11) is 0. The largest absolute Gasteiger partial charge is 0.381 e. The van der Waals surface area contributed by atoms with Crippen LogP contribution in [0.4, 0.5) is 0 Å². The Labute approximate surface area is 137 Å². The average molecular weight is 318 g/mol. The Morgan fingerprint density at radius 3 is 2.83 bits per heavy atom. The molecule has 2 aliphatic heterocycles. The third-order valence-corrected chi connectivity index (χ3v) is 5.04. The van der Waals surface area contributed by atoms with Crippen LogP contribution in [0, 0.1) is 5.92 Å². The van der Waals surface area contributed by atoms with Crippen molar-refractivity contribution < 1.29 is 9.53 Å². The number of nitrogens with zero attached hydrogens (tertiary/aromatic N) is 1. The van der Waals surface area contributed by atoms with E-state index in [0.29, 0.717) is 17.5 Å². The van der Waals surface area contributed by atoms with Crippen LogP contribution in [0.25, 0.3) is 0 Å². The summed E-state index contributed by atoms with van der Waals surface area (Å²) in [6.07, 6.45) is 5.93. The number of aromatic amines is 1. The zero-order valence-corrected chi connectivity index (χ0v) is 13.8. The van der Waals surface area contributed by atoms with Crippen LogP contribution >= 0.6 is 0 Å². The Morgan fingerprint density at radius 1 is 1.30 bits per heavy atom. The lowest BCUT2D eigenvalue weighted by atomic mass is 9.90. The van der Waals surface area contributed by atoms with E-state index >= 15 is 0 Å². The minimum atomic E-state index is -0.180. The fourth-order valence-electron chi connectivity index (χ4n) is 3.93. The van der Waals surface area contributed by atoms with Gasteiger partial charge in [-0.25, -0.2) is 0 Å². The predicted molar refractivity (Wildman–Crippen MR) is 88.7 cm³/mol. The molecule has 23 heavy (non-hydrogen) atoms. The zero-order chi connectivity index (χ0) is 16.2. The molecule has 1 atom stereocenters. The van der Waals surface area contributed by atoms with E-state index < -0.39 is 0 Å². The van der Waals surface area contributed by atoms with Crippen molar-refractivity contribution in [2.24, 2.45) is 5.92 Å². The van der Waals surface area contributed by atoms with Gasteiger partial charge in [0.2, 0.25) is 5.56 Å². The normalized spacial score (nSPS) is 22.5. The predicted octanol–water partition coefficient (Wildman–Crippen LogP) is 2.36. The lowest BCUT2D eigenvalue weighted by molar-refractivity contribution is 0.0322. The van der Waals surface area contributed by atoms with Crippen molar-refractivity contribution in [1.82, 2.24) is 9.88 Å². The lowest BCUT2D eigenvalue weighted by Gasteiger charge is -2.34. The summed E-state index contributed by atoms with van der Waals surface area (Å²) < 4.78 is 5.45. The van der Waals surface area contributed by atoms with Gasteiger partial charge >= 0.3 is 0 Å². The van der Waals surface area contributed by atoms with Crippen molar-refractivity contribution >= 4 is 5.91 Å². The lowest BCUT2D eigenvalue weighted by Crippen LogP contribution is -2.42. The molecule has 3 rings (SSSR count). The van der Waals surface area contributed by atoms with E-state index in [1.807, 2.05) is 11.0 Å². The first-order chi connectivity index (χ1) is 11.2. The Bertz CT molecular complexity index is 605. The summed E-state index contributed by atoms with van der Waals surface area (Å²) >= 11 is 0. The topological polar surface area (TPSA) is 62.4 Å². The van der Waals surface area contributed by atoms with Gasteiger partial charge in [-0.3, -0.25) is 9.59 Å². The van der Waals surface area contributed by atoms with Crippen LogP contribution in [0.1, 0.15) is 55.1 Å². The molecule has 1 aromatic rings. The van der Waals surface area contributed by atoms with Crippen LogP contribution in [-0.2, 0) is 11.2 Å². The minimum absolute atomic E-state index is 0.0162. The van der Waals surface area contributed by atoms with E-state index in [1.165, 1.54) is 6.07 Å². The molecule has 2 aliphatic rings. The number of carbonyl (C=O) groups is 1. The second-order valence-electron chi connectivity index (χ2n) is 6.67. The van der Waals surface area contributed by atoms with Crippen LogP contribution in [0.2, 0.25) is 0 Å². The van der Waals surface area contributed by atoms with Crippen LogP contribution in [0.15, 0.2) is 16.9 Å². The summed E-state index contributed by atoms with van der Waals surface area (Å²) in [5.41, 5.74) is 1.21. The Morgan fingerprint density at radius 2 is 2.09 bits per heavy atom. The Hall–Kier alpha value is -1.62. The number of pyridine rings is 1. The maximum atomic E-state index is 13.0. The van der Waals surface area contributed by atoms with Gasteiger partial charge in [0, 0.05) is 43.1 Å². The zero-order valence-electron chi connectivity index (χ0n) is 13.8. The van der Waals surface area contributed by atoms with Gasteiger partial charge < -0.3 is 14.6 Å². The number of ether oxygens (including phenoxy) is 1. The number of hydrogen-bond acceptors (Lipinski definition) is 3. The summed E-state index contributed by atoms with van der Waals surface area (Å²) in [5.74, 6) is 0.551. The van der Waals surface area contributed by atoms with Crippen molar-refractivity contribution in [3.8, 4) is 0 Å². The van der Waals surface area contributed by atoms with Crippen LogP contribution in [0.3, 0.4) is 0 Å². The molecule has 1 amide bonds. The molecule has 3 heterocycles. The molecular formula is C18H26N2O3. The summed E-state index contributed by atoms with van der Waals surface area (Å²) in [4.78, 5) is 29.6. The minimum Gasteiger partial charge on any atom is -0.381 e. The molecule has 0 unspecified atom stereocenters. The number of H-pyrrole nitrogens is 1. The highest BCUT2D eigenvalue weighted by molar-refractivity contribution is 5.94. The van der Waals surface area contributed by atoms with Gasteiger partial charge in [0.25, 0.3) is 5.91 Å². The summed E-state index contributed by atoms with van der Waals surface area (Å²) in [6, 6.07) is 3.60. The molecule has 2 saturated heterocycles. The van der Waals surface area contributed by atoms with Gasteiger partial charge in [-0.05, 0) is 44.1 Å². The molecule has 0 spiro atoms. The quantitative estimate of drug-likeness (QED) is 0.927. The maximum Gasteiger partial charge on any atom is 0.254 e. The standard InChI is InChI=1S/C18H26N2O3/c1-2-4-15-11-14(12-17(21)19-15)18(22)20-8-3-5-16(20)13-6-9-23-10-7-13/h11-13,16H,2-10H2,1H3,(H,19,21)/t16-/m0/s1. The van der Waals surface area contributed by atoms with E-state index in [0.717, 1.165) is 64.0 Å². The molecule has 1 N–H and O–H groups in total. The van der Waals surface area contributed by atoms with Gasteiger partial charge in [-0.15, -0.1) is 0 Å². The van der Waals surface area contributed by atoms with Gasteiger partial charge in [0.1, 0.15) is 0 Å². The van der Waals surface area contributed by atoms with Crippen LogP contribution in [-0.4, -0.2) is 41.6 Å². The smallest absolute Gasteiger partial charge is 0.254 e. The Kier molecular flexibility index (Phi) is 5.16. The van der Waals surface area contributed by atoms with Gasteiger partial charge in [-0.1, -0.05) is 13.3 Å². The fourth-order valence-corrected chi connectivity index (χ4v) is 3.93. The number of amides is 1. The highest BCUT2D eigenvalue weighted by Crippen LogP contribution is 2.31. The van der Waals surface area contributed by atoms with E-state index in [4.69, 9.17) is 4.74 Å². The molecule has 0 radical (unpaired) electrons. The number of carbonyl (C=O) groups excluding carboxylic acids is 1. The van der Waals surface area contributed by atoms with Crippen molar-refractivity contribution in [2.75, 3.05) is 19.8 Å². The van der Waals surface area contributed by atoms with E-state index in [9.17, 15) is 9.59 Å². The highest BCUT2D eigenvalue weighted by atomic mass is 16.5. The second-order valence-corrected chi connectivity index (χ2v) is 6.67. The van der Waals surface area contributed by atoms with E-state index in [-0.39, 0.29) is 11.5 Å². The number of nitrogens with one attached hydrogen (secondary N) is 1. The number of aromatic nitrogens is 1. The van der Waals surface area contributed by atoms with Crippen molar-refractivity contribution in [2.45, 2.75) is 51.5 Å². The van der Waals surface area contributed by atoms with Crippen molar-refractivity contribution in [3.63, 3.8) is 0 Å². The van der Waals surface area contributed by atoms with Crippen LogP contribution in [0.5, 0.6) is 0 Å². The molecular weight excluding hydrogens is 292 g/mol. The molecule has 2 fully saturated rings. The summed E-state index contributed by atoms with van der Waals surface area (Å²) in [6.45, 7) is 4.47. The second kappa shape index (κ2) is 7.30. The third-order valence-electron chi connectivity index (χ3n) is 5.04. The van der Waals surface area contributed by atoms with Crippen molar-refractivity contribution in [1.29, 1.82) is 0 Å². The molecule has 0 bridgehead atoms. The molecule has 1 aromatic heterocycles. The highest BCUT2D eigenvalue weighted by Gasteiger charge is 2.35. The monoisotopic (exact) mass is 318 g/mol. The number of rotatable bonds is 4. The number of aryl methyl sites for hydroxylation is 1. The molecule has 5 nitrogen and oxygen atoms in total. The summed E-state index contributed by atoms with van der Waals surface area (Å²) in [5, 5.41) is 0. The molecule has 5 heteroatoms. The van der Waals surface area contributed by atoms with Gasteiger partial charge in [0.15, 0.2) is 0 Å². The molecule has 0 saturated carbocycles. The van der Waals surface area contributed by atoms with Gasteiger partial charge in [0.05, 0.1) is 0 Å². The maximum absolute atomic E-state index is 13.0. The molecule has 126 valence electrons. The fraction of sp³-hybridized carbons (Fsp3) is 0.667. The first-order valence-corrected chi connectivity index (χ1v) is 8.81. The first kappa shape index (κ1) is 16.2. The van der Waals surface area contributed by atoms with Gasteiger partial charge in [-0.2, -0.15) is 0 Å². The molecule has 0 aromatic carbocycles. The van der Waals surface area contributed by atoms with E-state index in [2.05, 4.69) is 11.9 Å². The number of likely N-dealkylation sites (tertiary alicyclic amines) is 1. The number of hydrogen-bond donors (Lipinski definition) is 1.